The van der Waals surface area contributed by atoms with Crippen molar-refractivity contribution in [3.05, 3.63) is 24.3 Å². The van der Waals surface area contributed by atoms with Gasteiger partial charge in [0.15, 0.2) is 0 Å². The number of anilines is 1. The number of amides is 2. The van der Waals surface area contributed by atoms with Gasteiger partial charge in [0.25, 0.3) is 0 Å². The molecule has 3 atom stereocenters. The van der Waals surface area contributed by atoms with Gasteiger partial charge in [-0.3, -0.25) is 0 Å². The first-order valence-corrected chi connectivity index (χ1v) is 9.24. The third-order valence-electron chi connectivity index (χ3n) is 4.85. The zero-order chi connectivity index (χ0) is 16.2. The molecule has 2 fully saturated rings. The molecule has 0 spiro atoms. The zero-order valence-corrected chi connectivity index (χ0v) is 14.3. The number of carbonyl (C=O) groups excluding carboxylic acids is 1. The van der Waals surface area contributed by atoms with Gasteiger partial charge < -0.3 is 10.2 Å². The van der Waals surface area contributed by atoms with E-state index in [9.17, 15) is 4.79 Å². The number of benzene rings is 1. The summed E-state index contributed by atoms with van der Waals surface area (Å²) in [6.45, 7) is 3.83. The summed E-state index contributed by atoms with van der Waals surface area (Å²) in [5.41, 5.74) is 0.851. The number of hydrogen-bond donors (Lipinski definition) is 1. The molecule has 5 heteroatoms. The van der Waals surface area contributed by atoms with Gasteiger partial charge in [-0.15, -0.1) is 11.8 Å². The van der Waals surface area contributed by atoms with E-state index in [0.29, 0.717) is 18.3 Å². The van der Waals surface area contributed by atoms with Crippen molar-refractivity contribution in [1.29, 1.82) is 5.26 Å². The van der Waals surface area contributed by atoms with Crippen molar-refractivity contribution in [2.24, 2.45) is 11.8 Å². The van der Waals surface area contributed by atoms with Crippen molar-refractivity contribution < 1.29 is 4.79 Å². The highest BCUT2D eigenvalue weighted by Crippen LogP contribution is 2.38. The Kier molecular flexibility index (Phi) is 5.12. The summed E-state index contributed by atoms with van der Waals surface area (Å²) in [6, 6.07) is 10.1. The van der Waals surface area contributed by atoms with Crippen LogP contribution in [0.5, 0.6) is 0 Å². The van der Waals surface area contributed by atoms with Crippen molar-refractivity contribution in [2.45, 2.75) is 42.8 Å². The third-order valence-corrected chi connectivity index (χ3v) is 6.03. The van der Waals surface area contributed by atoms with Gasteiger partial charge in [-0.2, -0.15) is 5.26 Å². The van der Waals surface area contributed by atoms with Gasteiger partial charge in [0.2, 0.25) is 0 Å². The predicted molar refractivity (Wildman–Crippen MR) is 93.4 cm³/mol. The maximum absolute atomic E-state index is 12.6. The smallest absolute Gasteiger partial charge is 0.321 e. The lowest BCUT2D eigenvalue weighted by molar-refractivity contribution is 0.219. The molecule has 1 aliphatic carbocycles. The number of carbonyl (C=O) groups is 1. The highest BCUT2D eigenvalue weighted by atomic mass is 32.2. The van der Waals surface area contributed by atoms with Crippen molar-refractivity contribution in [3.8, 4) is 6.07 Å². The molecule has 1 aromatic carbocycles. The van der Waals surface area contributed by atoms with Gasteiger partial charge in [0, 0.05) is 29.7 Å². The van der Waals surface area contributed by atoms with E-state index in [2.05, 4.69) is 11.4 Å². The Balaban J connectivity index is 1.63. The number of likely N-dealkylation sites (tertiary alicyclic amines) is 1. The minimum Gasteiger partial charge on any atom is -0.324 e. The second-order valence-corrected chi connectivity index (χ2v) is 8.05. The second kappa shape index (κ2) is 7.27. The minimum atomic E-state index is 0.0142. The van der Waals surface area contributed by atoms with E-state index >= 15 is 0 Å². The molecule has 1 saturated heterocycles. The number of hydrogen-bond acceptors (Lipinski definition) is 3. The van der Waals surface area contributed by atoms with Gasteiger partial charge >= 0.3 is 6.03 Å². The maximum atomic E-state index is 12.6. The van der Waals surface area contributed by atoms with Gasteiger partial charge in [-0.25, -0.2) is 4.79 Å². The molecule has 0 bridgehead atoms. The minimum absolute atomic E-state index is 0.0142. The van der Waals surface area contributed by atoms with E-state index in [4.69, 9.17) is 5.26 Å². The maximum Gasteiger partial charge on any atom is 0.321 e. The average Bonchev–Trinajstić information content (AvgIpc) is 3.11. The summed E-state index contributed by atoms with van der Waals surface area (Å²) < 4.78 is 0. The molecule has 3 rings (SSSR count). The van der Waals surface area contributed by atoms with Crippen LogP contribution in [0.4, 0.5) is 10.5 Å². The fourth-order valence-electron chi connectivity index (χ4n) is 3.65. The zero-order valence-electron chi connectivity index (χ0n) is 13.5. The lowest BCUT2D eigenvalue weighted by Gasteiger charge is -2.20. The highest BCUT2D eigenvalue weighted by molar-refractivity contribution is 8.00. The quantitative estimate of drug-likeness (QED) is 0.836. The Hall–Kier alpha value is -1.67. The Morgan fingerprint density at radius 2 is 2.09 bits per heavy atom. The van der Waals surface area contributed by atoms with Crippen molar-refractivity contribution in [2.75, 3.05) is 18.4 Å². The molecule has 2 amide bonds. The number of nitrogens with one attached hydrogen (secondary N) is 1. The summed E-state index contributed by atoms with van der Waals surface area (Å²) in [6.07, 6.45) is 4.36. The van der Waals surface area contributed by atoms with Crippen LogP contribution in [0.1, 0.15) is 32.6 Å². The topological polar surface area (TPSA) is 56.1 Å². The van der Waals surface area contributed by atoms with Crippen LogP contribution in [-0.2, 0) is 0 Å². The van der Waals surface area contributed by atoms with Crippen LogP contribution in [0.3, 0.4) is 0 Å². The van der Waals surface area contributed by atoms with E-state index in [1.807, 2.05) is 36.1 Å². The molecule has 1 aromatic rings. The Morgan fingerprint density at radius 3 is 2.78 bits per heavy atom. The van der Waals surface area contributed by atoms with Gasteiger partial charge in [-0.05, 0) is 36.8 Å². The van der Waals surface area contributed by atoms with Gasteiger partial charge in [0.1, 0.15) is 0 Å². The SMILES string of the molecule is CC(CC#N)Sc1ccccc1NC(=O)N1CC2CCCC2C1. The largest absolute Gasteiger partial charge is 0.324 e. The van der Waals surface area contributed by atoms with Gasteiger partial charge in [-0.1, -0.05) is 25.5 Å². The third kappa shape index (κ3) is 3.81. The summed E-state index contributed by atoms with van der Waals surface area (Å²) in [5.74, 6) is 1.42. The van der Waals surface area contributed by atoms with Gasteiger partial charge in [0.05, 0.1) is 11.8 Å². The number of para-hydroxylation sites is 1. The normalized spacial score (nSPS) is 24.1. The molecule has 2 aliphatic rings. The summed E-state index contributed by atoms with van der Waals surface area (Å²) >= 11 is 1.64. The molecule has 1 saturated carbocycles. The number of rotatable bonds is 4. The molecular formula is C18H23N3OS. The monoisotopic (exact) mass is 329 g/mol. The van der Waals surface area contributed by atoms with E-state index < -0.39 is 0 Å². The fourth-order valence-corrected chi connectivity index (χ4v) is 4.65. The van der Waals surface area contributed by atoms with E-state index in [1.165, 1.54) is 19.3 Å². The molecule has 3 unspecified atom stereocenters. The molecule has 1 aliphatic heterocycles. The van der Waals surface area contributed by atoms with Crippen molar-refractivity contribution in [3.63, 3.8) is 0 Å². The number of thioether (sulfide) groups is 1. The Labute approximate surface area is 142 Å². The Morgan fingerprint density at radius 1 is 1.39 bits per heavy atom. The van der Waals surface area contributed by atoms with Crippen LogP contribution in [-0.4, -0.2) is 29.3 Å². The van der Waals surface area contributed by atoms with E-state index in [1.54, 1.807) is 11.8 Å². The number of nitriles is 1. The van der Waals surface area contributed by atoms with Crippen LogP contribution in [0.2, 0.25) is 0 Å². The molecule has 0 radical (unpaired) electrons. The van der Waals surface area contributed by atoms with E-state index in [0.717, 1.165) is 23.7 Å². The summed E-state index contributed by atoms with van der Waals surface area (Å²) in [5, 5.41) is 12.1. The van der Waals surface area contributed by atoms with Crippen LogP contribution < -0.4 is 5.32 Å². The van der Waals surface area contributed by atoms with Crippen LogP contribution in [0.25, 0.3) is 0 Å². The second-order valence-electron chi connectivity index (χ2n) is 6.57. The summed E-state index contributed by atoms with van der Waals surface area (Å²) in [4.78, 5) is 15.6. The molecule has 122 valence electrons. The molecular weight excluding hydrogens is 306 g/mol. The predicted octanol–water partition coefficient (Wildman–Crippen LogP) is 4.34. The van der Waals surface area contributed by atoms with Crippen molar-refractivity contribution >= 4 is 23.5 Å². The standard InChI is InChI=1S/C18H23N3OS/c1-13(9-10-19)23-17-8-3-2-7-16(17)20-18(22)21-11-14-5-4-6-15(14)12-21/h2-3,7-8,13-15H,4-6,9,11-12H2,1H3,(H,20,22). The number of urea groups is 1. The highest BCUT2D eigenvalue weighted by Gasteiger charge is 2.38. The first kappa shape index (κ1) is 16.2. The van der Waals surface area contributed by atoms with Crippen LogP contribution >= 0.6 is 11.8 Å². The van der Waals surface area contributed by atoms with E-state index in [-0.39, 0.29) is 11.3 Å². The molecule has 1 N–H and O–H groups in total. The van der Waals surface area contributed by atoms with Crippen molar-refractivity contribution in [1.82, 2.24) is 4.90 Å². The lowest BCUT2D eigenvalue weighted by atomic mass is 10.0. The van der Waals surface area contributed by atoms with Crippen LogP contribution in [0, 0.1) is 23.2 Å². The average molecular weight is 329 g/mol. The molecule has 1 heterocycles. The number of nitrogens with zero attached hydrogens (tertiary/aromatic N) is 2. The summed E-state index contributed by atoms with van der Waals surface area (Å²) in [7, 11) is 0. The van der Waals surface area contributed by atoms with Crippen LogP contribution in [0.15, 0.2) is 29.2 Å². The first-order chi connectivity index (χ1) is 11.2. The number of fused-ring (bicyclic) bond motifs is 1. The molecule has 4 nitrogen and oxygen atoms in total. The molecule has 23 heavy (non-hydrogen) atoms. The fraction of sp³-hybridized carbons (Fsp3) is 0.556. The lowest BCUT2D eigenvalue weighted by Crippen LogP contribution is -2.33. The molecule has 0 aromatic heterocycles. The first-order valence-electron chi connectivity index (χ1n) is 8.36. The Bertz CT molecular complexity index is 601.